The Bertz CT molecular complexity index is 1320. The maximum Gasteiger partial charge on any atom is 0.304 e. The summed E-state index contributed by atoms with van der Waals surface area (Å²) in [5, 5.41) is 15.2. The molecule has 0 radical (unpaired) electrons. The zero-order valence-electron chi connectivity index (χ0n) is 20.0. The van der Waals surface area contributed by atoms with Crippen LogP contribution >= 0.6 is 0 Å². The number of hydrogen-bond donors (Lipinski definition) is 1. The van der Waals surface area contributed by atoms with Crippen LogP contribution in [0.3, 0.4) is 0 Å². The molecule has 0 aliphatic carbocycles. The Balaban J connectivity index is 1.22. The average molecular weight is 470 g/mol. The van der Waals surface area contributed by atoms with Crippen molar-refractivity contribution in [3.8, 4) is 5.69 Å². The van der Waals surface area contributed by atoms with E-state index in [1.807, 2.05) is 54.2 Å². The van der Waals surface area contributed by atoms with Crippen molar-refractivity contribution in [2.24, 2.45) is 5.92 Å². The van der Waals surface area contributed by atoms with Gasteiger partial charge in [0.25, 0.3) is 0 Å². The smallest absolute Gasteiger partial charge is 0.304 e. The Morgan fingerprint density at radius 2 is 2.09 bits per heavy atom. The number of aromatic nitrogens is 4. The number of aliphatic carboxylic acids is 1. The van der Waals surface area contributed by atoms with Crippen LogP contribution in [0.1, 0.15) is 42.1 Å². The van der Waals surface area contributed by atoms with Gasteiger partial charge >= 0.3 is 5.97 Å². The molecule has 1 aromatic carbocycles. The molecule has 1 aliphatic rings. The molecule has 0 saturated carbocycles. The number of rotatable bonds is 9. The molecular weight excluding hydrogens is 438 g/mol. The minimum atomic E-state index is -0.762. The van der Waals surface area contributed by atoms with E-state index in [0.29, 0.717) is 5.92 Å². The fourth-order valence-electron chi connectivity index (χ4n) is 5.09. The molecule has 0 spiro atoms. The fraction of sp³-hybridized carbons (Fsp3) is 0.357. The maximum atomic E-state index is 11.7. The van der Waals surface area contributed by atoms with E-state index in [9.17, 15) is 9.90 Å². The molecule has 4 heterocycles. The largest absolute Gasteiger partial charge is 0.481 e. The maximum absolute atomic E-state index is 11.7. The summed E-state index contributed by atoms with van der Waals surface area (Å²) in [5.41, 5.74) is 4.86. The highest BCUT2D eigenvalue weighted by Gasteiger charge is 2.26. The highest BCUT2D eigenvalue weighted by Crippen LogP contribution is 2.28. The van der Waals surface area contributed by atoms with Crippen molar-refractivity contribution in [2.45, 2.75) is 38.5 Å². The number of carboxylic acid groups (broad SMARTS) is 1. The van der Waals surface area contributed by atoms with Gasteiger partial charge in [0.05, 0.1) is 17.8 Å². The number of pyridine rings is 2. The first kappa shape index (κ1) is 23.2. The van der Waals surface area contributed by atoms with Crippen LogP contribution in [0.4, 0.5) is 0 Å². The lowest BCUT2D eigenvalue weighted by atomic mass is 9.94. The van der Waals surface area contributed by atoms with E-state index in [2.05, 4.69) is 33.2 Å². The van der Waals surface area contributed by atoms with Crippen LogP contribution in [0.2, 0.25) is 0 Å². The van der Waals surface area contributed by atoms with Crippen LogP contribution in [0, 0.1) is 12.8 Å². The Morgan fingerprint density at radius 1 is 1.17 bits per heavy atom. The predicted octanol–water partition coefficient (Wildman–Crippen LogP) is 4.64. The third-order valence-corrected chi connectivity index (χ3v) is 6.93. The van der Waals surface area contributed by atoms with Gasteiger partial charge in [0, 0.05) is 42.5 Å². The van der Waals surface area contributed by atoms with E-state index in [-0.39, 0.29) is 12.3 Å². The Labute approximate surface area is 205 Å². The highest BCUT2D eigenvalue weighted by atomic mass is 16.4. The second-order valence-electron chi connectivity index (χ2n) is 9.60. The van der Waals surface area contributed by atoms with Crippen LogP contribution < -0.4 is 0 Å². The van der Waals surface area contributed by atoms with Crippen molar-refractivity contribution in [3.05, 3.63) is 83.9 Å². The van der Waals surface area contributed by atoms with Crippen molar-refractivity contribution in [1.29, 1.82) is 0 Å². The van der Waals surface area contributed by atoms with Crippen LogP contribution in [-0.2, 0) is 11.2 Å². The molecule has 0 amide bonds. The first-order valence-corrected chi connectivity index (χ1v) is 12.3. The van der Waals surface area contributed by atoms with Gasteiger partial charge in [0.1, 0.15) is 0 Å². The highest BCUT2D eigenvalue weighted by molar-refractivity contribution is 5.74. The Morgan fingerprint density at radius 3 is 2.91 bits per heavy atom. The van der Waals surface area contributed by atoms with Gasteiger partial charge in [-0.1, -0.05) is 12.1 Å². The first-order valence-electron chi connectivity index (χ1n) is 12.3. The van der Waals surface area contributed by atoms with E-state index in [0.717, 1.165) is 72.6 Å². The summed E-state index contributed by atoms with van der Waals surface area (Å²) in [7, 11) is 0. The molecule has 180 valence electrons. The summed E-state index contributed by atoms with van der Waals surface area (Å²) in [6.45, 7) is 4.72. The van der Waals surface area contributed by atoms with Crippen molar-refractivity contribution >= 4 is 17.0 Å². The van der Waals surface area contributed by atoms with Crippen molar-refractivity contribution in [3.63, 3.8) is 0 Å². The normalized spacial score (nSPS) is 17.1. The van der Waals surface area contributed by atoms with Gasteiger partial charge in [-0.3, -0.25) is 4.79 Å². The van der Waals surface area contributed by atoms with E-state index in [1.54, 1.807) is 6.20 Å². The molecule has 1 aliphatic heterocycles. The summed E-state index contributed by atoms with van der Waals surface area (Å²) < 4.78 is 1.85. The van der Waals surface area contributed by atoms with Gasteiger partial charge in [0.15, 0.2) is 5.65 Å². The molecule has 2 unspecified atom stereocenters. The number of benzene rings is 1. The number of nitrogens with zero attached hydrogens (tertiary/aromatic N) is 5. The molecule has 2 atom stereocenters. The predicted molar refractivity (Wildman–Crippen MR) is 136 cm³/mol. The number of likely N-dealkylation sites (tertiary alicyclic amines) is 1. The number of carboxylic acids is 1. The Kier molecular flexibility index (Phi) is 6.86. The van der Waals surface area contributed by atoms with Gasteiger partial charge < -0.3 is 10.0 Å². The summed E-state index contributed by atoms with van der Waals surface area (Å²) in [6, 6.07) is 18.3. The topological polar surface area (TPSA) is 84.1 Å². The number of carbonyl (C=O) groups is 1. The van der Waals surface area contributed by atoms with Crippen LogP contribution in [0.5, 0.6) is 0 Å². The standard InChI is InChI=1S/C28H31N5O2/c1-20-11-15-33(31-20)26-6-2-4-23(16-26)24(17-27(34)35)19-32-14-12-21(18-32)7-9-25-10-8-22-5-3-13-29-28(22)30-25/h2-6,8,10-11,13,15-16,21,24H,7,9,12,14,17-19H2,1H3,(H,34,35). The second-order valence-corrected chi connectivity index (χ2v) is 9.60. The molecule has 7 heteroatoms. The third-order valence-electron chi connectivity index (χ3n) is 6.93. The van der Waals surface area contributed by atoms with Gasteiger partial charge in [-0.15, -0.1) is 0 Å². The minimum Gasteiger partial charge on any atom is -0.481 e. The van der Waals surface area contributed by atoms with Crippen molar-refractivity contribution in [1.82, 2.24) is 24.6 Å². The molecule has 7 nitrogen and oxygen atoms in total. The zero-order valence-corrected chi connectivity index (χ0v) is 20.0. The number of aryl methyl sites for hydroxylation is 2. The molecule has 1 N–H and O–H groups in total. The molecule has 1 saturated heterocycles. The molecule has 1 fully saturated rings. The van der Waals surface area contributed by atoms with Gasteiger partial charge in [-0.25, -0.2) is 14.6 Å². The third kappa shape index (κ3) is 5.74. The number of hydrogen-bond acceptors (Lipinski definition) is 5. The molecule has 4 aromatic rings. The first-order chi connectivity index (χ1) is 17.0. The average Bonchev–Trinajstić information content (AvgIpc) is 3.51. The van der Waals surface area contributed by atoms with Crippen LogP contribution in [0.25, 0.3) is 16.7 Å². The lowest BCUT2D eigenvalue weighted by Gasteiger charge is -2.23. The Hall–Kier alpha value is -3.58. The lowest BCUT2D eigenvalue weighted by Crippen LogP contribution is -2.28. The fourth-order valence-corrected chi connectivity index (χ4v) is 5.09. The summed E-state index contributed by atoms with van der Waals surface area (Å²) in [6.07, 6.45) is 7.00. The van der Waals surface area contributed by atoms with E-state index < -0.39 is 5.97 Å². The summed E-state index contributed by atoms with van der Waals surface area (Å²) >= 11 is 0. The van der Waals surface area contributed by atoms with Crippen LogP contribution in [-0.4, -0.2) is 55.4 Å². The van der Waals surface area contributed by atoms with Crippen molar-refractivity contribution < 1.29 is 9.90 Å². The summed E-state index contributed by atoms with van der Waals surface area (Å²) in [5.74, 6) is -0.224. The summed E-state index contributed by atoms with van der Waals surface area (Å²) in [4.78, 5) is 23.2. The lowest BCUT2D eigenvalue weighted by molar-refractivity contribution is -0.137. The molecule has 0 bridgehead atoms. The minimum absolute atomic E-state index is 0.0592. The monoisotopic (exact) mass is 469 g/mol. The van der Waals surface area contributed by atoms with Crippen LogP contribution in [0.15, 0.2) is 67.0 Å². The van der Waals surface area contributed by atoms with E-state index in [1.165, 1.54) is 0 Å². The van der Waals surface area contributed by atoms with E-state index in [4.69, 9.17) is 4.98 Å². The van der Waals surface area contributed by atoms with Gasteiger partial charge in [0.2, 0.25) is 0 Å². The van der Waals surface area contributed by atoms with E-state index >= 15 is 0 Å². The second kappa shape index (κ2) is 10.4. The van der Waals surface area contributed by atoms with Gasteiger partial charge in [-0.2, -0.15) is 5.10 Å². The number of fused-ring (bicyclic) bond motifs is 1. The molecule has 35 heavy (non-hydrogen) atoms. The molecular formula is C28H31N5O2. The SMILES string of the molecule is Cc1ccn(-c2cccc(C(CC(=O)O)CN3CCC(CCc4ccc5cccnc5n4)C3)c2)n1. The van der Waals surface area contributed by atoms with Crippen molar-refractivity contribution in [2.75, 3.05) is 19.6 Å². The molecule has 3 aromatic heterocycles. The quantitative estimate of drug-likeness (QED) is 0.385. The van der Waals surface area contributed by atoms with Gasteiger partial charge in [-0.05, 0) is 86.7 Å². The molecule has 5 rings (SSSR count). The zero-order chi connectivity index (χ0) is 24.2.